The van der Waals surface area contributed by atoms with Crippen LogP contribution in [0.2, 0.25) is 30.1 Å². The number of aromatic nitrogens is 3. The number of carboxylic acids is 1. The van der Waals surface area contributed by atoms with Gasteiger partial charge in [-0.05, 0) is 135 Å². The van der Waals surface area contributed by atoms with Gasteiger partial charge >= 0.3 is 36.8 Å². The van der Waals surface area contributed by atoms with Crippen molar-refractivity contribution in [2.75, 3.05) is 67.6 Å². The van der Waals surface area contributed by atoms with E-state index in [9.17, 15) is 33.9 Å². The maximum Gasteiger partial charge on any atom is 1.00 e. The fraction of sp³-hybridized carbons (Fsp3) is 0.284. The first-order valence-electron chi connectivity index (χ1n) is 28.9. The van der Waals surface area contributed by atoms with Gasteiger partial charge in [-0.25, -0.2) is 14.4 Å². The largest absolute Gasteiger partial charge is 1.00 e. The summed E-state index contributed by atoms with van der Waals surface area (Å²) in [7, 11) is 12.1. The van der Waals surface area contributed by atoms with Crippen LogP contribution in [-0.4, -0.2) is 137 Å². The number of nitrogens with one attached hydrogen (secondary N) is 4. The number of methoxy groups -OCH3 is 2. The van der Waals surface area contributed by atoms with Crippen molar-refractivity contribution in [2.24, 2.45) is 21.1 Å². The minimum atomic E-state index is -0.978. The molecule has 0 spiro atoms. The summed E-state index contributed by atoms with van der Waals surface area (Å²) >= 11 is 37.5. The molecule has 12 rings (SSSR count). The molecule has 3 aromatic heterocycles. The summed E-state index contributed by atoms with van der Waals surface area (Å²) in [5.41, 5.74) is 5.86. The fourth-order valence-electron chi connectivity index (χ4n) is 12.6. The summed E-state index contributed by atoms with van der Waals surface area (Å²) in [6, 6.07) is 37.1. The summed E-state index contributed by atoms with van der Waals surface area (Å²) in [6.45, 7) is 4.31. The number of nitrogens with zero attached hydrogens (tertiary/aromatic N) is 5. The van der Waals surface area contributed by atoms with E-state index >= 15 is 0 Å². The average Bonchev–Trinajstić information content (AvgIpc) is 1.68. The Morgan fingerprint density at radius 1 is 0.484 bits per heavy atom. The third kappa shape index (κ3) is 14.3. The molecule has 0 bridgehead atoms. The van der Waals surface area contributed by atoms with E-state index in [0.29, 0.717) is 83.5 Å². The molecule has 3 amide bonds. The number of carbonyl (C=O) groups is 6. The zero-order valence-electron chi connectivity index (χ0n) is 52.2. The molecule has 3 unspecified atom stereocenters. The fourth-order valence-corrected chi connectivity index (χ4v) is 13.8. The van der Waals surface area contributed by atoms with Crippen LogP contribution in [0.4, 0.5) is 0 Å². The average molecular weight is 1380 g/mol. The van der Waals surface area contributed by atoms with Crippen LogP contribution in [0.25, 0.3) is 32.7 Å². The van der Waals surface area contributed by atoms with E-state index in [0.717, 1.165) is 82.8 Å². The maximum absolute atomic E-state index is 13.4. The van der Waals surface area contributed by atoms with Crippen LogP contribution in [0.1, 0.15) is 98.5 Å². The van der Waals surface area contributed by atoms with Crippen molar-refractivity contribution in [3.05, 3.63) is 208 Å². The molecule has 0 radical (unpaired) electrons. The van der Waals surface area contributed by atoms with E-state index < -0.39 is 28.6 Å². The first kappa shape index (κ1) is 71.8. The number of esters is 2. The van der Waals surface area contributed by atoms with Crippen molar-refractivity contribution in [3.8, 4) is 0 Å². The molecule has 6 N–H and O–H groups in total. The summed E-state index contributed by atoms with van der Waals surface area (Å²) in [6.07, 6.45) is 2.20. The summed E-state index contributed by atoms with van der Waals surface area (Å²) in [5, 5.41) is 27.2. The first-order valence-corrected chi connectivity index (χ1v) is 31.2. The first-order chi connectivity index (χ1) is 43.3. The van der Waals surface area contributed by atoms with E-state index in [2.05, 4.69) is 31.1 Å². The molecule has 3 atom stereocenters. The third-order valence-electron chi connectivity index (χ3n) is 17.5. The summed E-state index contributed by atoms with van der Waals surface area (Å²) < 4.78 is 14.9. The Kier molecular flexibility index (Phi) is 22.6. The minimum Gasteiger partial charge on any atom is -0.870 e. The van der Waals surface area contributed by atoms with Crippen molar-refractivity contribution in [1.82, 2.24) is 44.8 Å². The van der Waals surface area contributed by atoms with Crippen LogP contribution < -0.4 is 40.1 Å². The van der Waals surface area contributed by atoms with Crippen LogP contribution >= 0.6 is 69.6 Å². The van der Waals surface area contributed by atoms with Crippen molar-refractivity contribution in [1.29, 1.82) is 0 Å². The zero-order valence-corrected chi connectivity index (χ0v) is 56.7. The van der Waals surface area contributed by atoms with Gasteiger partial charge in [0.05, 0.1) is 88.7 Å². The predicted molar refractivity (Wildman–Crippen MR) is 359 cm³/mol. The quantitative estimate of drug-likeness (QED) is 0.0567. The van der Waals surface area contributed by atoms with Crippen LogP contribution in [0, 0.1) is 0 Å². The van der Waals surface area contributed by atoms with Gasteiger partial charge in [-0.2, -0.15) is 0 Å². The molecular formula is C67H66Cl6LiN9O10. The zero-order chi connectivity index (χ0) is 65.4. The van der Waals surface area contributed by atoms with Crippen molar-refractivity contribution >= 4 is 138 Å². The van der Waals surface area contributed by atoms with Gasteiger partial charge in [0, 0.05) is 75.5 Å². The van der Waals surface area contributed by atoms with Crippen molar-refractivity contribution in [3.63, 3.8) is 0 Å². The Hall–Kier alpha value is -7.06. The number of halogens is 6. The molecule has 6 aromatic carbocycles. The molecule has 482 valence electrons. The maximum atomic E-state index is 13.4. The number of carboxylic acid groups (broad SMARTS) is 1. The molecule has 26 heteroatoms. The molecule has 3 aliphatic heterocycles. The second-order valence-corrected chi connectivity index (χ2v) is 25.5. The number of rotatable bonds is 12. The smallest absolute Gasteiger partial charge is 0.870 e. The van der Waals surface area contributed by atoms with E-state index in [1.165, 1.54) is 14.2 Å². The number of hydrogen-bond acceptors (Lipinski definition) is 12. The van der Waals surface area contributed by atoms with Gasteiger partial charge in [-0.15, -0.1) is 0 Å². The number of hydrogen-bond donors (Lipinski definition) is 5. The molecule has 6 heterocycles. The molecule has 19 nitrogen and oxygen atoms in total. The monoisotopic (exact) mass is 1370 g/mol. The molecule has 3 saturated heterocycles. The normalized spacial score (nSPS) is 18.5. The van der Waals surface area contributed by atoms with E-state index in [1.807, 2.05) is 74.2 Å². The summed E-state index contributed by atoms with van der Waals surface area (Å²) in [5.74, 6) is -2.39. The predicted octanol–water partition coefficient (Wildman–Crippen LogP) is 9.09. The molecule has 0 aliphatic carbocycles. The Bertz CT molecular complexity index is 4350. The Morgan fingerprint density at radius 2 is 0.860 bits per heavy atom. The van der Waals surface area contributed by atoms with Crippen LogP contribution in [0.3, 0.4) is 0 Å². The standard InChI is InChI=1S/C23H23Cl2N3O3.2C22H21Cl2N3O3.Li.H2O/c1-27-11-10-23(13-27,16-7-4-14(5-8-16)22(30)31-3)26-21(29)18-12-15-6-9-17(24)19(25)20(15)28(18)2;1-26-10-9-22(12-26,15-6-3-13(4-7-15)21(29)30)25-20(28)17-11-14-5-8-16(23)18(24)19(14)27(17)2;1-27-17-8-7-16(23)19(24)15(17)11-18(27)20(28)26-22(9-10-25-12-22)14-5-3-13(4-6-14)21(29)30-2;;/h4-9,12H,10-11,13H2,1-3H3,(H,26,29);3-8,11H,9-10,12H2,1-2H3,(H,25,28)(H,29,30);3-8,11,25H,9-10,12H2,1-2H3,(H,26,28);;1H2/q;;;+1;/p-1. The number of carbonyl (C=O) groups excluding carboxylic acids is 5. The van der Waals surface area contributed by atoms with E-state index in [1.54, 1.807) is 102 Å². The van der Waals surface area contributed by atoms with Gasteiger partial charge < -0.3 is 64.8 Å². The minimum absolute atomic E-state index is 0. The number of aromatic carboxylic acids is 1. The number of likely N-dealkylation sites (N-methyl/N-ethyl adjacent to an activating group) is 2. The Labute approximate surface area is 578 Å². The van der Waals surface area contributed by atoms with Crippen LogP contribution in [0.15, 0.2) is 127 Å². The van der Waals surface area contributed by atoms with E-state index in [4.69, 9.17) is 79.1 Å². The second-order valence-electron chi connectivity index (χ2n) is 23.2. The van der Waals surface area contributed by atoms with E-state index in [-0.39, 0.29) is 53.6 Å². The second kappa shape index (κ2) is 29.3. The molecule has 3 fully saturated rings. The van der Waals surface area contributed by atoms with Crippen molar-refractivity contribution < 1.29 is 67.7 Å². The SMILES string of the molecule is CN1CCC(NC(=O)c2cc3ccc(Cl)c(Cl)c3n2C)(c2ccc(C(=O)O)cc2)C1.COC(=O)c1ccc(C2(NC(=O)c3cc4c(Cl)c(Cl)ccc4n3C)CCNC2)cc1.COC(=O)c1ccc(C2(NC(=O)c3cc4ccc(Cl)c(Cl)c4n3C)CCN(C)C2)cc1.[Li+].[OH-]. The number of aryl methyl sites for hydroxylation is 3. The number of benzene rings is 6. The Balaban J connectivity index is 0.000000177. The van der Waals surface area contributed by atoms with Gasteiger partial charge in [0.1, 0.15) is 17.1 Å². The number of ether oxygens (including phenoxy) is 2. The van der Waals surface area contributed by atoms with Gasteiger partial charge in [-0.3, -0.25) is 14.4 Å². The number of fused-ring (bicyclic) bond motifs is 3. The van der Waals surface area contributed by atoms with Gasteiger partial charge in [0.2, 0.25) is 0 Å². The van der Waals surface area contributed by atoms with Gasteiger partial charge in [0.25, 0.3) is 17.7 Å². The van der Waals surface area contributed by atoms with Crippen LogP contribution in [0.5, 0.6) is 0 Å². The number of likely N-dealkylation sites (tertiary alicyclic amines) is 2. The third-order valence-corrected chi connectivity index (χ3v) is 19.9. The topological polar surface area (TPSA) is 240 Å². The molecule has 0 saturated carbocycles. The van der Waals surface area contributed by atoms with Crippen molar-refractivity contribution in [2.45, 2.75) is 35.9 Å². The van der Waals surface area contributed by atoms with Crippen LogP contribution in [-0.2, 0) is 47.2 Å². The number of amides is 3. The molecule has 93 heavy (non-hydrogen) atoms. The molecule has 9 aromatic rings. The van der Waals surface area contributed by atoms with Gasteiger partial charge in [0.15, 0.2) is 0 Å². The molecular weight excluding hydrogens is 1310 g/mol. The summed E-state index contributed by atoms with van der Waals surface area (Å²) in [4.78, 5) is 79.0. The molecule has 3 aliphatic rings. The van der Waals surface area contributed by atoms with Gasteiger partial charge in [-0.1, -0.05) is 118 Å². The Morgan fingerprint density at radius 3 is 1.24 bits per heavy atom.